The standard InChI is InChI=1S/C36H58O14/c1-19-14-15-27(39)48-22(4)25(18-46-33-31(45-9)30(44-8)28(40)23(5)49-33)12-10-11-13-26(38)35(7,42)16-20(2)29(19)50-34-32(41)36(43,24(6)37)17-21(3)47-34/h10-15,19-25,28-34,37,40-43H,16-18H2,1-9H3/b12-10+,13-11+,15-14-/t19-,20-,21+,22-,23+,24-,25+,28+,29+,30+,31+,32-,33+,34-,35-,36-/m0/s1. The van der Waals surface area contributed by atoms with Crippen LogP contribution >= 0.6 is 0 Å². The number of cyclic esters (lactones) is 1. The van der Waals surface area contributed by atoms with E-state index in [0.717, 1.165) is 0 Å². The molecule has 14 nitrogen and oxygen atoms in total. The van der Waals surface area contributed by atoms with Crippen molar-refractivity contribution < 1.29 is 68.3 Å². The van der Waals surface area contributed by atoms with E-state index in [2.05, 4.69) is 0 Å². The van der Waals surface area contributed by atoms with Crippen molar-refractivity contribution in [1.82, 2.24) is 0 Å². The minimum Gasteiger partial charge on any atom is -0.459 e. The molecule has 3 aliphatic rings. The Bertz CT molecular complexity index is 1200. The zero-order valence-corrected chi connectivity index (χ0v) is 30.6. The van der Waals surface area contributed by atoms with Gasteiger partial charge in [-0.1, -0.05) is 38.2 Å². The van der Waals surface area contributed by atoms with Crippen molar-refractivity contribution in [3.63, 3.8) is 0 Å². The van der Waals surface area contributed by atoms with Crippen LogP contribution in [0.2, 0.25) is 0 Å². The SMILES string of the molecule is CO[C@@H]1[C@H](O)[C@@H](C)O[C@@H](OC[C@H]2/C=C/C=C/C(=O)[C@@](C)(O)C[C@H](C)[C@H](O[C@@H]3O[C@H](C)C[C@](O)([C@H](C)O)[C@H]3O)[C@@H](C)/C=C\C(=O)O[C@H]2C)[C@@H]1OC. The third-order valence-electron chi connectivity index (χ3n) is 10.0. The smallest absolute Gasteiger partial charge is 0.330 e. The second-order valence-corrected chi connectivity index (χ2v) is 14.3. The molecule has 0 unspecified atom stereocenters. The van der Waals surface area contributed by atoms with Crippen molar-refractivity contribution in [2.24, 2.45) is 17.8 Å². The molecule has 3 aliphatic heterocycles. The second kappa shape index (κ2) is 18.1. The molecular weight excluding hydrogens is 656 g/mol. The summed E-state index contributed by atoms with van der Waals surface area (Å²) in [5, 5.41) is 54.2. The molecule has 0 radical (unpaired) electrons. The van der Waals surface area contributed by atoms with Gasteiger partial charge >= 0.3 is 5.97 Å². The third kappa shape index (κ3) is 10.3. The number of hydrogen-bond acceptors (Lipinski definition) is 14. The van der Waals surface area contributed by atoms with Gasteiger partial charge in [-0.05, 0) is 53.0 Å². The molecule has 2 saturated heterocycles. The zero-order chi connectivity index (χ0) is 37.6. The molecule has 50 heavy (non-hydrogen) atoms. The molecule has 16 atom stereocenters. The van der Waals surface area contributed by atoms with Crippen LogP contribution in [0.15, 0.2) is 36.5 Å². The van der Waals surface area contributed by atoms with Crippen LogP contribution in [0, 0.1) is 17.8 Å². The van der Waals surface area contributed by atoms with E-state index in [0.29, 0.717) is 0 Å². The van der Waals surface area contributed by atoms with E-state index in [4.69, 9.17) is 33.2 Å². The fourth-order valence-electron chi connectivity index (χ4n) is 6.84. The topological polar surface area (TPSA) is 200 Å². The Morgan fingerprint density at radius 1 is 0.880 bits per heavy atom. The van der Waals surface area contributed by atoms with Gasteiger partial charge in [-0.2, -0.15) is 0 Å². The first-order chi connectivity index (χ1) is 23.4. The maximum absolute atomic E-state index is 13.2. The van der Waals surface area contributed by atoms with E-state index in [1.54, 1.807) is 52.8 Å². The van der Waals surface area contributed by atoms with Gasteiger partial charge in [0.2, 0.25) is 0 Å². The van der Waals surface area contributed by atoms with Gasteiger partial charge in [0, 0.05) is 38.6 Å². The van der Waals surface area contributed by atoms with Crippen LogP contribution in [-0.4, -0.2) is 137 Å². The van der Waals surface area contributed by atoms with E-state index in [9.17, 15) is 35.1 Å². The normalized spacial score (nSPS) is 46.5. The minimum absolute atomic E-state index is 0.00269. The molecule has 14 heteroatoms. The summed E-state index contributed by atoms with van der Waals surface area (Å²) < 4.78 is 40.8. The molecule has 0 aromatic carbocycles. The maximum Gasteiger partial charge on any atom is 0.330 e. The minimum atomic E-state index is -1.90. The van der Waals surface area contributed by atoms with Crippen LogP contribution in [0.4, 0.5) is 0 Å². The first-order valence-electron chi connectivity index (χ1n) is 17.3. The van der Waals surface area contributed by atoms with Gasteiger partial charge in [-0.25, -0.2) is 4.79 Å². The Hall–Kier alpha value is -2.08. The van der Waals surface area contributed by atoms with Crippen LogP contribution in [0.3, 0.4) is 0 Å². The Morgan fingerprint density at radius 3 is 2.16 bits per heavy atom. The van der Waals surface area contributed by atoms with Gasteiger partial charge in [0.05, 0.1) is 31.0 Å². The summed E-state index contributed by atoms with van der Waals surface area (Å²) in [7, 11) is 2.91. The highest BCUT2D eigenvalue weighted by Gasteiger charge is 2.52. The average molecular weight is 715 g/mol. The van der Waals surface area contributed by atoms with Crippen LogP contribution in [-0.2, 0) is 42.7 Å². The van der Waals surface area contributed by atoms with Crippen LogP contribution in [0.5, 0.6) is 0 Å². The zero-order valence-electron chi connectivity index (χ0n) is 30.6. The molecule has 0 aliphatic carbocycles. The molecule has 0 aromatic heterocycles. The number of esters is 1. The number of rotatable bonds is 8. The van der Waals surface area contributed by atoms with Crippen LogP contribution in [0.1, 0.15) is 61.3 Å². The Labute approximate surface area is 295 Å². The second-order valence-electron chi connectivity index (χ2n) is 14.3. The summed E-state index contributed by atoms with van der Waals surface area (Å²) >= 11 is 0. The first kappa shape index (κ1) is 42.3. The Balaban J connectivity index is 1.87. The van der Waals surface area contributed by atoms with E-state index >= 15 is 0 Å². The number of methoxy groups -OCH3 is 2. The summed E-state index contributed by atoms with van der Waals surface area (Å²) in [5.74, 6) is -2.82. The van der Waals surface area contributed by atoms with Gasteiger partial charge in [0.1, 0.15) is 41.7 Å². The van der Waals surface area contributed by atoms with Gasteiger partial charge in [-0.15, -0.1) is 0 Å². The molecule has 0 bridgehead atoms. The lowest BCUT2D eigenvalue weighted by Crippen LogP contribution is -2.63. The molecular formula is C36H58O14. The number of aliphatic hydroxyl groups excluding tert-OH is 3. The highest BCUT2D eigenvalue weighted by atomic mass is 16.7. The molecule has 3 rings (SSSR count). The van der Waals surface area contributed by atoms with Crippen molar-refractivity contribution in [1.29, 1.82) is 0 Å². The van der Waals surface area contributed by atoms with Crippen molar-refractivity contribution in [2.75, 3.05) is 20.8 Å². The molecule has 286 valence electrons. The molecule has 2 fully saturated rings. The summed E-state index contributed by atoms with van der Waals surface area (Å²) in [6.45, 7) is 11.4. The first-order valence-corrected chi connectivity index (χ1v) is 17.3. The fraction of sp³-hybridized carbons (Fsp3) is 0.778. The molecule has 0 saturated carbocycles. The lowest BCUT2D eigenvalue weighted by atomic mass is 9.81. The number of ether oxygens (including phenoxy) is 7. The molecule has 0 spiro atoms. The third-order valence-corrected chi connectivity index (χ3v) is 10.0. The van der Waals surface area contributed by atoms with Crippen LogP contribution in [0.25, 0.3) is 0 Å². The van der Waals surface area contributed by atoms with Crippen molar-refractivity contribution >= 4 is 11.8 Å². The van der Waals surface area contributed by atoms with Gasteiger partial charge in [-0.3, -0.25) is 4.79 Å². The summed E-state index contributed by atoms with van der Waals surface area (Å²) in [5.41, 5.74) is -3.71. The highest BCUT2D eigenvalue weighted by molar-refractivity contribution is 5.96. The predicted molar refractivity (Wildman–Crippen MR) is 179 cm³/mol. The number of carbonyl (C=O) groups excluding carboxylic acids is 2. The molecule has 3 heterocycles. The summed E-state index contributed by atoms with van der Waals surface area (Å²) in [6, 6.07) is 0. The maximum atomic E-state index is 13.2. The van der Waals surface area contributed by atoms with Crippen LogP contribution < -0.4 is 0 Å². The van der Waals surface area contributed by atoms with E-state index < -0.39 is 108 Å². The molecule has 0 aromatic rings. The number of aliphatic hydroxyl groups is 5. The largest absolute Gasteiger partial charge is 0.459 e. The summed E-state index contributed by atoms with van der Waals surface area (Å²) in [6.07, 6.45) is -1.53. The molecule has 5 N–H and O–H groups in total. The van der Waals surface area contributed by atoms with E-state index in [1.807, 2.05) is 0 Å². The lowest BCUT2D eigenvalue weighted by molar-refractivity contribution is -0.322. The van der Waals surface area contributed by atoms with Crippen molar-refractivity contribution in [3.05, 3.63) is 36.5 Å². The molecule has 0 amide bonds. The fourth-order valence-corrected chi connectivity index (χ4v) is 6.84. The highest BCUT2D eigenvalue weighted by Crippen LogP contribution is 2.36. The van der Waals surface area contributed by atoms with Gasteiger partial charge in [0.25, 0.3) is 0 Å². The van der Waals surface area contributed by atoms with Crippen molar-refractivity contribution in [3.8, 4) is 0 Å². The number of carbonyl (C=O) groups is 2. The van der Waals surface area contributed by atoms with E-state index in [1.165, 1.54) is 46.3 Å². The Morgan fingerprint density at radius 2 is 1.54 bits per heavy atom. The van der Waals surface area contributed by atoms with Crippen molar-refractivity contribution in [2.45, 2.75) is 140 Å². The number of allylic oxidation sites excluding steroid dienone is 2. The average Bonchev–Trinajstić information content (AvgIpc) is 3.04. The monoisotopic (exact) mass is 714 g/mol. The Kier molecular flexibility index (Phi) is 15.3. The predicted octanol–water partition coefficient (Wildman–Crippen LogP) is 1.34. The quantitative estimate of drug-likeness (QED) is 0.226. The van der Waals surface area contributed by atoms with Gasteiger partial charge in [0.15, 0.2) is 18.4 Å². The number of ketones is 1. The lowest BCUT2D eigenvalue weighted by Gasteiger charge is -2.47. The number of hydrogen-bond donors (Lipinski definition) is 5. The van der Waals surface area contributed by atoms with E-state index in [-0.39, 0.29) is 19.4 Å². The van der Waals surface area contributed by atoms with Gasteiger partial charge < -0.3 is 58.7 Å². The summed E-state index contributed by atoms with van der Waals surface area (Å²) in [4.78, 5) is 26.3.